The van der Waals surface area contributed by atoms with Gasteiger partial charge in [0.1, 0.15) is 0 Å². The van der Waals surface area contributed by atoms with Gasteiger partial charge in [0.05, 0.1) is 0 Å². The third kappa shape index (κ3) is 7.65. The summed E-state index contributed by atoms with van der Waals surface area (Å²) in [5.74, 6) is 1.96. The Morgan fingerprint density at radius 2 is 1.86 bits per heavy atom. The maximum Gasteiger partial charge on any atom is 0.0104 e. The highest BCUT2D eigenvalue weighted by Crippen LogP contribution is 1.99. The summed E-state index contributed by atoms with van der Waals surface area (Å²) in [6, 6.07) is 0.629. The average Bonchev–Trinajstić information content (AvgIpc) is 2.14. The Kier molecular flexibility index (Phi) is 8.73. The van der Waals surface area contributed by atoms with E-state index in [2.05, 4.69) is 44.3 Å². The first-order valence-corrected chi connectivity index (χ1v) is 6.88. The standard InChI is InChI=1S/C11H26N2S/c1-10(2)11(3)12-6-7-13(4)8-9-14-5/h10-12H,6-9H2,1-5H3. The van der Waals surface area contributed by atoms with Gasteiger partial charge in [-0.15, -0.1) is 0 Å². The quantitative estimate of drug-likeness (QED) is 0.670. The molecule has 0 spiro atoms. The first-order chi connectivity index (χ1) is 6.57. The minimum absolute atomic E-state index is 0.629. The predicted molar refractivity (Wildman–Crippen MR) is 68.2 cm³/mol. The summed E-state index contributed by atoms with van der Waals surface area (Å²) in [6.45, 7) is 10.2. The number of rotatable bonds is 8. The predicted octanol–water partition coefficient (Wildman–Crippen LogP) is 1.92. The van der Waals surface area contributed by atoms with Crippen LogP contribution in [-0.4, -0.2) is 49.6 Å². The van der Waals surface area contributed by atoms with Crippen LogP contribution in [0.1, 0.15) is 20.8 Å². The Balaban J connectivity index is 3.34. The van der Waals surface area contributed by atoms with Crippen LogP contribution in [0.15, 0.2) is 0 Å². The van der Waals surface area contributed by atoms with Crippen molar-refractivity contribution in [3.05, 3.63) is 0 Å². The van der Waals surface area contributed by atoms with Crippen LogP contribution in [0.4, 0.5) is 0 Å². The fourth-order valence-corrected chi connectivity index (χ4v) is 1.57. The molecule has 14 heavy (non-hydrogen) atoms. The van der Waals surface area contributed by atoms with Gasteiger partial charge in [-0.1, -0.05) is 13.8 Å². The molecule has 0 aromatic rings. The zero-order valence-corrected chi connectivity index (χ0v) is 11.2. The van der Waals surface area contributed by atoms with E-state index < -0.39 is 0 Å². The Labute approximate surface area is 93.8 Å². The topological polar surface area (TPSA) is 15.3 Å². The maximum absolute atomic E-state index is 3.54. The Hall–Kier alpha value is 0.270. The van der Waals surface area contributed by atoms with Crippen molar-refractivity contribution < 1.29 is 0 Å². The van der Waals surface area contributed by atoms with Gasteiger partial charge in [0.15, 0.2) is 0 Å². The van der Waals surface area contributed by atoms with E-state index in [4.69, 9.17) is 0 Å². The zero-order valence-electron chi connectivity index (χ0n) is 10.3. The molecule has 2 nitrogen and oxygen atoms in total. The van der Waals surface area contributed by atoms with Gasteiger partial charge >= 0.3 is 0 Å². The second-order valence-electron chi connectivity index (χ2n) is 4.28. The second kappa shape index (κ2) is 8.57. The summed E-state index contributed by atoms with van der Waals surface area (Å²) in [5, 5.41) is 3.54. The van der Waals surface area contributed by atoms with Crippen LogP contribution in [0, 0.1) is 5.92 Å². The molecule has 0 aromatic heterocycles. The number of nitrogens with zero attached hydrogens (tertiary/aromatic N) is 1. The van der Waals surface area contributed by atoms with E-state index in [1.165, 1.54) is 12.3 Å². The highest BCUT2D eigenvalue weighted by Gasteiger charge is 2.05. The normalized spacial score (nSPS) is 13.9. The van der Waals surface area contributed by atoms with Gasteiger partial charge in [-0.3, -0.25) is 0 Å². The van der Waals surface area contributed by atoms with Crippen LogP contribution in [0.3, 0.4) is 0 Å². The lowest BCUT2D eigenvalue weighted by atomic mass is 10.1. The van der Waals surface area contributed by atoms with Crippen LogP contribution in [0.25, 0.3) is 0 Å². The summed E-state index contributed by atoms with van der Waals surface area (Å²) >= 11 is 1.91. The highest BCUT2D eigenvalue weighted by atomic mass is 32.2. The average molecular weight is 218 g/mol. The largest absolute Gasteiger partial charge is 0.313 e. The molecule has 0 heterocycles. The first kappa shape index (κ1) is 14.3. The number of hydrogen-bond acceptors (Lipinski definition) is 3. The van der Waals surface area contributed by atoms with E-state index in [-0.39, 0.29) is 0 Å². The first-order valence-electron chi connectivity index (χ1n) is 5.48. The van der Waals surface area contributed by atoms with E-state index in [0.717, 1.165) is 19.0 Å². The number of hydrogen-bond donors (Lipinski definition) is 1. The molecule has 0 rings (SSSR count). The number of likely N-dealkylation sites (N-methyl/N-ethyl adjacent to an activating group) is 1. The molecule has 0 aliphatic carbocycles. The number of thioether (sulfide) groups is 1. The SMILES string of the molecule is CSCCN(C)CCNC(C)C(C)C. The van der Waals surface area contributed by atoms with E-state index in [1.807, 2.05) is 11.8 Å². The molecule has 1 N–H and O–H groups in total. The Morgan fingerprint density at radius 1 is 1.21 bits per heavy atom. The summed E-state index contributed by atoms with van der Waals surface area (Å²) < 4.78 is 0. The number of nitrogens with one attached hydrogen (secondary N) is 1. The van der Waals surface area contributed by atoms with Crippen LogP contribution in [-0.2, 0) is 0 Å². The van der Waals surface area contributed by atoms with Crippen molar-refractivity contribution in [3.63, 3.8) is 0 Å². The van der Waals surface area contributed by atoms with Crippen molar-refractivity contribution in [3.8, 4) is 0 Å². The van der Waals surface area contributed by atoms with Crippen molar-refractivity contribution in [2.45, 2.75) is 26.8 Å². The van der Waals surface area contributed by atoms with Gasteiger partial charge < -0.3 is 10.2 Å². The molecule has 0 fully saturated rings. The molecule has 1 atom stereocenters. The molecule has 0 aliphatic heterocycles. The van der Waals surface area contributed by atoms with Gasteiger partial charge in [0.2, 0.25) is 0 Å². The summed E-state index contributed by atoms with van der Waals surface area (Å²) in [7, 11) is 2.19. The van der Waals surface area contributed by atoms with E-state index in [1.54, 1.807) is 0 Å². The van der Waals surface area contributed by atoms with Crippen LogP contribution in [0.5, 0.6) is 0 Å². The Morgan fingerprint density at radius 3 is 2.36 bits per heavy atom. The molecular weight excluding hydrogens is 192 g/mol. The molecule has 0 aliphatic rings. The van der Waals surface area contributed by atoms with E-state index in [0.29, 0.717) is 6.04 Å². The minimum atomic E-state index is 0.629. The van der Waals surface area contributed by atoms with Crippen molar-refractivity contribution in [2.75, 3.05) is 38.7 Å². The molecule has 3 heteroatoms. The fourth-order valence-electron chi connectivity index (χ4n) is 1.08. The van der Waals surface area contributed by atoms with E-state index >= 15 is 0 Å². The van der Waals surface area contributed by atoms with Gasteiger partial charge in [-0.2, -0.15) is 11.8 Å². The molecule has 0 radical (unpaired) electrons. The molecular formula is C11H26N2S. The van der Waals surface area contributed by atoms with Crippen molar-refractivity contribution in [1.82, 2.24) is 10.2 Å². The molecule has 0 amide bonds. The second-order valence-corrected chi connectivity index (χ2v) is 5.27. The fraction of sp³-hybridized carbons (Fsp3) is 1.00. The minimum Gasteiger partial charge on any atom is -0.313 e. The molecule has 1 unspecified atom stereocenters. The summed E-state index contributed by atoms with van der Waals surface area (Å²) in [4.78, 5) is 2.39. The Bertz CT molecular complexity index is 128. The van der Waals surface area contributed by atoms with Gasteiger partial charge in [0, 0.05) is 31.4 Å². The van der Waals surface area contributed by atoms with Crippen LogP contribution < -0.4 is 5.32 Å². The third-order valence-electron chi connectivity index (χ3n) is 2.64. The van der Waals surface area contributed by atoms with Gasteiger partial charge in [0.25, 0.3) is 0 Å². The lowest BCUT2D eigenvalue weighted by Gasteiger charge is -2.20. The van der Waals surface area contributed by atoms with Crippen LogP contribution >= 0.6 is 11.8 Å². The lowest BCUT2D eigenvalue weighted by molar-refractivity contribution is 0.330. The van der Waals surface area contributed by atoms with Crippen LogP contribution in [0.2, 0.25) is 0 Å². The van der Waals surface area contributed by atoms with Gasteiger partial charge in [-0.05, 0) is 26.1 Å². The van der Waals surface area contributed by atoms with Crippen molar-refractivity contribution >= 4 is 11.8 Å². The lowest BCUT2D eigenvalue weighted by Crippen LogP contribution is -2.37. The van der Waals surface area contributed by atoms with Gasteiger partial charge in [-0.25, -0.2) is 0 Å². The van der Waals surface area contributed by atoms with Crippen molar-refractivity contribution in [2.24, 2.45) is 5.92 Å². The van der Waals surface area contributed by atoms with Crippen molar-refractivity contribution in [1.29, 1.82) is 0 Å². The third-order valence-corrected chi connectivity index (χ3v) is 3.23. The summed E-state index contributed by atoms with van der Waals surface area (Å²) in [6.07, 6.45) is 2.16. The molecule has 0 saturated heterocycles. The maximum atomic E-state index is 3.54. The molecule has 0 saturated carbocycles. The molecule has 0 aromatic carbocycles. The monoisotopic (exact) mass is 218 g/mol. The molecule has 0 bridgehead atoms. The highest BCUT2D eigenvalue weighted by molar-refractivity contribution is 7.98. The molecule has 86 valence electrons. The van der Waals surface area contributed by atoms with E-state index in [9.17, 15) is 0 Å². The zero-order chi connectivity index (χ0) is 11.0. The summed E-state index contributed by atoms with van der Waals surface area (Å²) in [5.41, 5.74) is 0. The smallest absolute Gasteiger partial charge is 0.0104 e.